The Morgan fingerprint density at radius 3 is 1.72 bits per heavy atom. The molecule has 1 aliphatic rings. The summed E-state index contributed by atoms with van der Waals surface area (Å²) in [5, 5.41) is 0. The van der Waals surface area contributed by atoms with Crippen LogP contribution in [0.25, 0.3) is 0 Å². The summed E-state index contributed by atoms with van der Waals surface area (Å²) in [7, 11) is 1.75. The Morgan fingerprint density at radius 1 is 0.724 bits per heavy atom. The summed E-state index contributed by atoms with van der Waals surface area (Å²) >= 11 is 0. The molecule has 1 aliphatic carbocycles. The number of amides is 2. The fourth-order valence-corrected chi connectivity index (χ4v) is 3.65. The van der Waals surface area contributed by atoms with Crippen LogP contribution >= 0.6 is 0 Å². The highest BCUT2D eigenvalue weighted by Gasteiger charge is 2.59. The Labute approximate surface area is 171 Å². The van der Waals surface area contributed by atoms with Crippen LogP contribution < -0.4 is 9.80 Å². The Morgan fingerprint density at radius 2 is 1.21 bits per heavy atom. The van der Waals surface area contributed by atoms with E-state index in [0.29, 0.717) is 19.4 Å². The van der Waals surface area contributed by atoms with Crippen LogP contribution in [0.2, 0.25) is 0 Å². The largest absolute Gasteiger partial charge is 0.315 e. The summed E-state index contributed by atoms with van der Waals surface area (Å²) in [5.74, 6) is -0.261. The Balaban J connectivity index is 1.64. The summed E-state index contributed by atoms with van der Waals surface area (Å²) in [6, 6.07) is 29.0. The lowest BCUT2D eigenvalue weighted by atomic mass is 10.0. The van der Waals surface area contributed by atoms with E-state index < -0.39 is 5.41 Å². The first kappa shape index (κ1) is 18.9. The molecule has 3 aromatic carbocycles. The molecule has 29 heavy (non-hydrogen) atoms. The first-order valence-corrected chi connectivity index (χ1v) is 9.86. The number of rotatable bonds is 6. The van der Waals surface area contributed by atoms with Crippen LogP contribution in [-0.4, -0.2) is 18.9 Å². The quantitative estimate of drug-likeness (QED) is 0.580. The van der Waals surface area contributed by atoms with Gasteiger partial charge in [-0.2, -0.15) is 0 Å². The second kappa shape index (κ2) is 7.92. The number of nitrogens with zero attached hydrogens (tertiary/aromatic N) is 2. The number of carbonyl (C=O) groups excluding carboxylic acids is 2. The maximum absolute atomic E-state index is 13.7. The fourth-order valence-electron chi connectivity index (χ4n) is 3.65. The molecule has 0 aliphatic heterocycles. The summed E-state index contributed by atoms with van der Waals surface area (Å²) < 4.78 is 0. The Hall–Kier alpha value is -3.40. The molecular weight excluding hydrogens is 360 g/mol. The van der Waals surface area contributed by atoms with Crippen molar-refractivity contribution in [2.24, 2.45) is 5.41 Å². The van der Waals surface area contributed by atoms with Gasteiger partial charge in [0.1, 0.15) is 5.41 Å². The van der Waals surface area contributed by atoms with Gasteiger partial charge < -0.3 is 9.80 Å². The highest BCUT2D eigenvalue weighted by atomic mass is 16.2. The summed E-state index contributed by atoms with van der Waals surface area (Å²) in [6.45, 7) is 0.438. The van der Waals surface area contributed by atoms with Crippen molar-refractivity contribution in [3.05, 3.63) is 96.6 Å². The van der Waals surface area contributed by atoms with Gasteiger partial charge in [-0.05, 0) is 42.7 Å². The second-order valence-electron chi connectivity index (χ2n) is 7.49. The van der Waals surface area contributed by atoms with Crippen molar-refractivity contribution in [1.82, 2.24) is 0 Å². The van der Waals surface area contributed by atoms with Crippen LogP contribution in [0.5, 0.6) is 0 Å². The lowest BCUT2D eigenvalue weighted by molar-refractivity contribution is -0.134. The van der Waals surface area contributed by atoms with Crippen molar-refractivity contribution >= 4 is 23.2 Å². The maximum atomic E-state index is 13.7. The van der Waals surface area contributed by atoms with Gasteiger partial charge in [0.2, 0.25) is 11.8 Å². The van der Waals surface area contributed by atoms with Crippen molar-refractivity contribution in [3.8, 4) is 0 Å². The SMILES string of the molecule is CN(C(=O)C1(C(=O)N(Cc2ccccc2)c2ccccc2)CC1)c1ccccc1. The molecule has 0 bridgehead atoms. The predicted molar refractivity (Wildman–Crippen MR) is 116 cm³/mol. The normalized spacial score (nSPS) is 14.1. The molecule has 0 unspecified atom stereocenters. The first-order valence-electron chi connectivity index (χ1n) is 9.86. The second-order valence-corrected chi connectivity index (χ2v) is 7.49. The molecule has 4 nitrogen and oxygen atoms in total. The molecule has 1 saturated carbocycles. The minimum atomic E-state index is -0.977. The molecule has 0 spiro atoms. The van der Waals surface area contributed by atoms with Crippen LogP contribution in [0, 0.1) is 5.41 Å². The smallest absolute Gasteiger partial charge is 0.243 e. The lowest BCUT2D eigenvalue weighted by Gasteiger charge is -2.29. The molecule has 0 heterocycles. The standard InChI is InChI=1S/C25H24N2O2/c1-26(21-13-7-3-8-14-21)23(28)25(17-18-25)24(29)27(22-15-9-4-10-16-22)19-20-11-5-2-6-12-20/h2-16H,17-19H2,1H3. The topological polar surface area (TPSA) is 40.6 Å². The molecule has 0 saturated heterocycles. The number of anilines is 2. The zero-order chi connectivity index (χ0) is 20.3. The van der Waals surface area contributed by atoms with E-state index in [4.69, 9.17) is 0 Å². The Kier molecular flexibility index (Phi) is 5.17. The van der Waals surface area contributed by atoms with Gasteiger partial charge in [0.05, 0.1) is 6.54 Å². The minimum Gasteiger partial charge on any atom is -0.315 e. The molecular formula is C25H24N2O2. The first-order chi connectivity index (χ1) is 14.1. The van der Waals surface area contributed by atoms with Gasteiger partial charge in [0.25, 0.3) is 0 Å². The lowest BCUT2D eigenvalue weighted by Crippen LogP contribution is -2.46. The predicted octanol–water partition coefficient (Wildman–Crippen LogP) is 4.66. The average Bonchev–Trinajstić information content (AvgIpc) is 3.60. The van der Waals surface area contributed by atoms with E-state index in [9.17, 15) is 9.59 Å². The van der Waals surface area contributed by atoms with Crippen molar-refractivity contribution in [1.29, 1.82) is 0 Å². The zero-order valence-electron chi connectivity index (χ0n) is 16.5. The molecule has 0 radical (unpaired) electrons. The third-order valence-electron chi connectivity index (χ3n) is 5.51. The van der Waals surface area contributed by atoms with Crippen LogP contribution in [0.15, 0.2) is 91.0 Å². The number of hydrogen-bond acceptors (Lipinski definition) is 2. The molecule has 4 heteroatoms. The van der Waals surface area contributed by atoms with E-state index in [1.165, 1.54) is 0 Å². The maximum Gasteiger partial charge on any atom is 0.243 e. The van der Waals surface area contributed by atoms with Crippen LogP contribution in [0.3, 0.4) is 0 Å². The summed E-state index contributed by atoms with van der Waals surface area (Å²) in [5.41, 5.74) is 1.66. The van der Waals surface area contributed by atoms with Crippen LogP contribution in [0.1, 0.15) is 18.4 Å². The number of carbonyl (C=O) groups is 2. The molecule has 146 valence electrons. The molecule has 0 aromatic heterocycles. The van der Waals surface area contributed by atoms with E-state index in [2.05, 4.69) is 0 Å². The van der Waals surface area contributed by atoms with Gasteiger partial charge in [0.15, 0.2) is 0 Å². The number of para-hydroxylation sites is 2. The molecule has 3 aromatic rings. The number of hydrogen-bond donors (Lipinski definition) is 0. The third-order valence-corrected chi connectivity index (χ3v) is 5.51. The average molecular weight is 384 g/mol. The van der Waals surface area contributed by atoms with E-state index in [-0.39, 0.29) is 11.8 Å². The van der Waals surface area contributed by atoms with E-state index in [0.717, 1.165) is 16.9 Å². The Bertz CT molecular complexity index is 983. The molecule has 4 rings (SSSR count). The van der Waals surface area contributed by atoms with E-state index >= 15 is 0 Å². The van der Waals surface area contributed by atoms with Crippen LogP contribution in [0.4, 0.5) is 11.4 Å². The summed E-state index contributed by atoms with van der Waals surface area (Å²) in [4.78, 5) is 30.4. The zero-order valence-corrected chi connectivity index (χ0v) is 16.5. The number of benzene rings is 3. The fraction of sp³-hybridized carbons (Fsp3) is 0.200. The van der Waals surface area contributed by atoms with Crippen molar-refractivity contribution in [3.63, 3.8) is 0 Å². The molecule has 1 fully saturated rings. The van der Waals surface area contributed by atoms with Gasteiger partial charge in [0, 0.05) is 18.4 Å². The van der Waals surface area contributed by atoms with Crippen molar-refractivity contribution < 1.29 is 9.59 Å². The van der Waals surface area contributed by atoms with E-state index in [1.54, 1.807) is 16.8 Å². The highest BCUT2D eigenvalue weighted by molar-refractivity contribution is 6.18. The van der Waals surface area contributed by atoms with Gasteiger partial charge in [-0.25, -0.2) is 0 Å². The van der Waals surface area contributed by atoms with Gasteiger partial charge >= 0.3 is 0 Å². The highest BCUT2D eigenvalue weighted by Crippen LogP contribution is 2.50. The van der Waals surface area contributed by atoms with Crippen LogP contribution in [-0.2, 0) is 16.1 Å². The summed E-state index contributed by atoms with van der Waals surface area (Å²) in [6.07, 6.45) is 1.17. The minimum absolute atomic E-state index is 0.125. The molecule has 0 atom stereocenters. The van der Waals surface area contributed by atoms with Crippen molar-refractivity contribution in [2.45, 2.75) is 19.4 Å². The monoisotopic (exact) mass is 384 g/mol. The molecule has 0 N–H and O–H groups in total. The van der Waals surface area contributed by atoms with Gasteiger partial charge in [-0.3, -0.25) is 9.59 Å². The van der Waals surface area contributed by atoms with Gasteiger partial charge in [-0.1, -0.05) is 66.7 Å². The van der Waals surface area contributed by atoms with Crippen molar-refractivity contribution in [2.75, 3.05) is 16.8 Å². The molecule has 2 amide bonds. The van der Waals surface area contributed by atoms with Gasteiger partial charge in [-0.15, -0.1) is 0 Å². The third kappa shape index (κ3) is 3.79. The van der Waals surface area contributed by atoms with E-state index in [1.807, 2.05) is 91.0 Å².